The molecule has 1 N–H and O–H groups in total. The molecule has 5 rings (SSSR count). The molecule has 1 fully saturated rings. The van der Waals surface area contributed by atoms with Crippen LogP contribution in [0.15, 0.2) is 97.1 Å². The fraction of sp³-hybridized carbons (Fsp3) is 0.242. The first-order valence-corrected chi connectivity index (χ1v) is 13.7. The minimum absolute atomic E-state index is 0.0652. The molecule has 1 unspecified atom stereocenters. The van der Waals surface area contributed by atoms with Crippen LogP contribution in [-0.2, 0) is 22.7 Å². The molecule has 8 nitrogen and oxygen atoms in total. The first-order valence-electron chi connectivity index (χ1n) is 13.7. The van der Waals surface area contributed by atoms with Crippen LogP contribution in [0.5, 0.6) is 11.5 Å². The molecule has 8 heteroatoms. The molecular weight excluding hydrogens is 518 g/mol. The lowest BCUT2D eigenvalue weighted by Gasteiger charge is -2.25. The van der Waals surface area contributed by atoms with Gasteiger partial charge in [-0.15, -0.1) is 0 Å². The standard InChI is InChI=1S/C33H33N3O5/c1-3-40-27-13-9-24(10-14-27)30-29(32(38)33(39)36(30)19-6-18-35-20-17-34-22-35)31(37)25-11-15-28(16-12-25)41-21-26-8-5-4-7-23(26)2/h4-5,7-17,20,22,30,37H,3,6,18-19,21H2,1-2H3/b31-29+. The molecule has 0 aliphatic carbocycles. The van der Waals surface area contributed by atoms with Gasteiger partial charge in [0.2, 0.25) is 0 Å². The molecule has 1 aromatic heterocycles. The number of ketones is 1. The maximum Gasteiger partial charge on any atom is 0.295 e. The highest BCUT2D eigenvalue weighted by molar-refractivity contribution is 6.46. The van der Waals surface area contributed by atoms with E-state index < -0.39 is 17.7 Å². The molecule has 210 valence electrons. The quantitative estimate of drug-likeness (QED) is 0.146. The summed E-state index contributed by atoms with van der Waals surface area (Å²) in [5.74, 6) is -0.231. The van der Waals surface area contributed by atoms with E-state index in [1.54, 1.807) is 41.7 Å². The van der Waals surface area contributed by atoms with E-state index in [1.807, 2.05) is 73.1 Å². The average molecular weight is 552 g/mol. The Bertz CT molecular complexity index is 1530. The highest BCUT2D eigenvalue weighted by Crippen LogP contribution is 2.40. The maximum absolute atomic E-state index is 13.4. The zero-order valence-corrected chi connectivity index (χ0v) is 23.2. The summed E-state index contributed by atoms with van der Waals surface area (Å²) in [5.41, 5.74) is 3.44. The summed E-state index contributed by atoms with van der Waals surface area (Å²) in [6, 6.07) is 21.5. The molecule has 1 saturated heterocycles. The molecule has 2 heterocycles. The van der Waals surface area contributed by atoms with Gasteiger partial charge in [0, 0.05) is 31.0 Å². The molecule has 0 bridgehead atoms. The van der Waals surface area contributed by atoms with E-state index in [-0.39, 0.29) is 11.3 Å². The van der Waals surface area contributed by atoms with Gasteiger partial charge < -0.3 is 24.0 Å². The van der Waals surface area contributed by atoms with Gasteiger partial charge in [0.05, 0.1) is 24.5 Å². The highest BCUT2D eigenvalue weighted by atomic mass is 16.5. The monoisotopic (exact) mass is 551 g/mol. The second kappa shape index (κ2) is 12.6. The first-order chi connectivity index (χ1) is 20.0. The van der Waals surface area contributed by atoms with E-state index in [1.165, 1.54) is 0 Å². The lowest BCUT2D eigenvalue weighted by Crippen LogP contribution is -2.31. The minimum Gasteiger partial charge on any atom is -0.507 e. The number of hydrogen-bond donors (Lipinski definition) is 1. The number of ether oxygens (including phenoxy) is 2. The zero-order chi connectivity index (χ0) is 28.8. The number of Topliss-reactive ketones (excluding diaryl/α,β-unsaturated/α-hetero) is 1. The predicted octanol–water partition coefficient (Wildman–Crippen LogP) is 5.68. The van der Waals surface area contributed by atoms with Crippen LogP contribution in [0.2, 0.25) is 0 Å². The number of aliphatic hydroxyl groups is 1. The van der Waals surface area contributed by atoms with Crippen molar-refractivity contribution in [2.45, 2.75) is 39.5 Å². The first kappa shape index (κ1) is 27.7. The predicted molar refractivity (Wildman–Crippen MR) is 155 cm³/mol. The van der Waals surface area contributed by atoms with Crippen molar-refractivity contribution in [3.05, 3.63) is 119 Å². The van der Waals surface area contributed by atoms with Crippen LogP contribution < -0.4 is 9.47 Å². The lowest BCUT2D eigenvalue weighted by atomic mass is 9.95. The summed E-state index contributed by atoms with van der Waals surface area (Å²) < 4.78 is 13.4. The van der Waals surface area contributed by atoms with E-state index in [2.05, 4.69) is 4.98 Å². The molecular formula is C33H33N3O5. The molecule has 0 spiro atoms. The highest BCUT2D eigenvalue weighted by Gasteiger charge is 2.45. The fourth-order valence-corrected chi connectivity index (χ4v) is 5.01. The second-order valence-corrected chi connectivity index (χ2v) is 9.89. The molecule has 4 aromatic rings. The Morgan fingerprint density at radius 3 is 2.32 bits per heavy atom. The van der Waals surface area contributed by atoms with Gasteiger partial charge in [-0.1, -0.05) is 36.4 Å². The van der Waals surface area contributed by atoms with Gasteiger partial charge in [-0.3, -0.25) is 9.59 Å². The number of benzene rings is 3. The van der Waals surface area contributed by atoms with Crippen LogP contribution in [0.4, 0.5) is 0 Å². The van der Waals surface area contributed by atoms with Crippen LogP contribution in [0.25, 0.3) is 5.76 Å². The largest absolute Gasteiger partial charge is 0.507 e. The van der Waals surface area contributed by atoms with Gasteiger partial charge in [-0.05, 0) is 73.4 Å². The van der Waals surface area contributed by atoms with E-state index in [0.717, 1.165) is 16.7 Å². The molecule has 0 saturated carbocycles. The molecule has 1 amide bonds. The number of imidazole rings is 1. The Labute approximate surface area is 239 Å². The Hall–Kier alpha value is -4.85. The second-order valence-electron chi connectivity index (χ2n) is 9.89. The molecule has 0 radical (unpaired) electrons. The Morgan fingerprint density at radius 2 is 1.63 bits per heavy atom. The molecule has 1 atom stereocenters. The third-order valence-electron chi connectivity index (χ3n) is 7.20. The summed E-state index contributed by atoms with van der Waals surface area (Å²) in [7, 11) is 0. The Kier molecular flexibility index (Phi) is 8.48. The van der Waals surface area contributed by atoms with Gasteiger partial charge in [-0.2, -0.15) is 0 Å². The third kappa shape index (κ3) is 6.17. The number of aliphatic hydroxyl groups excluding tert-OH is 1. The lowest BCUT2D eigenvalue weighted by molar-refractivity contribution is -0.139. The number of aryl methyl sites for hydroxylation is 2. The van der Waals surface area contributed by atoms with Gasteiger partial charge in [0.15, 0.2) is 0 Å². The van der Waals surface area contributed by atoms with Crippen molar-refractivity contribution in [1.82, 2.24) is 14.5 Å². The van der Waals surface area contributed by atoms with Crippen molar-refractivity contribution in [1.29, 1.82) is 0 Å². The summed E-state index contributed by atoms with van der Waals surface area (Å²) >= 11 is 0. The normalized spacial score (nSPS) is 16.2. The Morgan fingerprint density at radius 1 is 0.927 bits per heavy atom. The summed E-state index contributed by atoms with van der Waals surface area (Å²) in [6.45, 7) is 5.86. The molecule has 1 aliphatic heterocycles. The number of carbonyl (C=O) groups is 2. The Balaban J connectivity index is 1.42. The molecule has 41 heavy (non-hydrogen) atoms. The number of aromatic nitrogens is 2. The van der Waals surface area contributed by atoms with Gasteiger partial charge in [-0.25, -0.2) is 4.98 Å². The van der Waals surface area contributed by atoms with Crippen LogP contribution >= 0.6 is 0 Å². The minimum atomic E-state index is -0.731. The number of amides is 1. The van der Waals surface area contributed by atoms with Crippen LogP contribution in [0.3, 0.4) is 0 Å². The van der Waals surface area contributed by atoms with Crippen LogP contribution in [-0.4, -0.2) is 44.4 Å². The fourth-order valence-electron chi connectivity index (χ4n) is 5.01. The van der Waals surface area contributed by atoms with Crippen molar-refractivity contribution < 1.29 is 24.2 Å². The van der Waals surface area contributed by atoms with Crippen molar-refractivity contribution in [2.24, 2.45) is 0 Å². The van der Waals surface area contributed by atoms with E-state index >= 15 is 0 Å². The van der Waals surface area contributed by atoms with Crippen molar-refractivity contribution in [3.8, 4) is 11.5 Å². The van der Waals surface area contributed by atoms with Crippen LogP contribution in [0.1, 0.15) is 41.6 Å². The molecule has 3 aromatic carbocycles. The van der Waals surface area contributed by atoms with Crippen LogP contribution in [0, 0.1) is 6.92 Å². The van der Waals surface area contributed by atoms with Crippen molar-refractivity contribution in [2.75, 3.05) is 13.2 Å². The summed E-state index contributed by atoms with van der Waals surface area (Å²) in [4.78, 5) is 32.2. The number of likely N-dealkylation sites (tertiary alicyclic amines) is 1. The van der Waals surface area contributed by atoms with E-state index in [9.17, 15) is 14.7 Å². The number of nitrogens with zero attached hydrogens (tertiary/aromatic N) is 3. The van der Waals surface area contributed by atoms with Crippen molar-refractivity contribution in [3.63, 3.8) is 0 Å². The SMILES string of the molecule is CCOc1ccc(C2/C(=C(\O)c3ccc(OCc4ccccc4C)cc3)C(=O)C(=O)N2CCCn2ccnc2)cc1. The smallest absolute Gasteiger partial charge is 0.295 e. The number of carbonyl (C=O) groups excluding carboxylic acids is 2. The zero-order valence-electron chi connectivity index (χ0n) is 23.2. The molecule has 1 aliphatic rings. The van der Waals surface area contributed by atoms with Gasteiger partial charge in [0.25, 0.3) is 11.7 Å². The third-order valence-corrected chi connectivity index (χ3v) is 7.20. The van der Waals surface area contributed by atoms with Gasteiger partial charge >= 0.3 is 0 Å². The topological polar surface area (TPSA) is 93.9 Å². The van der Waals surface area contributed by atoms with E-state index in [4.69, 9.17) is 9.47 Å². The summed E-state index contributed by atoms with van der Waals surface area (Å²) in [6.07, 6.45) is 5.88. The number of rotatable bonds is 11. The van der Waals surface area contributed by atoms with Gasteiger partial charge in [0.1, 0.15) is 23.9 Å². The van der Waals surface area contributed by atoms with E-state index in [0.29, 0.717) is 49.8 Å². The average Bonchev–Trinajstić information content (AvgIpc) is 3.60. The summed E-state index contributed by atoms with van der Waals surface area (Å²) in [5, 5.41) is 11.4. The number of hydrogen-bond acceptors (Lipinski definition) is 6. The maximum atomic E-state index is 13.4. The van der Waals surface area contributed by atoms with Crippen molar-refractivity contribution >= 4 is 17.4 Å².